The number of halogens is 1. The summed E-state index contributed by atoms with van der Waals surface area (Å²) in [4.78, 5) is 28.5. The van der Waals surface area contributed by atoms with Crippen LogP contribution in [0.25, 0.3) is 0 Å². The van der Waals surface area contributed by atoms with Gasteiger partial charge in [0.05, 0.1) is 6.04 Å². The molecule has 7 heteroatoms. The average Bonchev–Trinajstić information content (AvgIpc) is 3.19. The third-order valence-electron chi connectivity index (χ3n) is 4.91. The lowest BCUT2D eigenvalue weighted by atomic mass is 9.96. The van der Waals surface area contributed by atoms with Gasteiger partial charge in [0.25, 0.3) is 0 Å². The van der Waals surface area contributed by atoms with E-state index in [4.69, 9.17) is 21.1 Å². The molecular weight excluding hydrogens is 368 g/mol. The lowest BCUT2D eigenvalue weighted by molar-refractivity contribution is -0.135. The van der Waals surface area contributed by atoms with Crippen LogP contribution in [0, 0.1) is 0 Å². The first kappa shape index (κ1) is 20.0. The third-order valence-corrected chi connectivity index (χ3v) is 5.13. The van der Waals surface area contributed by atoms with Gasteiger partial charge in [-0.2, -0.15) is 0 Å². The van der Waals surface area contributed by atoms with E-state index in [1.54, 1.807) is 9.80 Å². The standard InChI is InChI=1S/C20H27ClN2O4/c1-20(2,3)27-19(25)23-7-5-6-17(23)15-9-14(21)8-13-10-22(11-16(13)15)18(24)12-26-4/h8-9,17H,5-7,10-12H2,1-4H3/t17-/m0/s1. The quantitative estimate of drug-likeness (QED) is 0.780. The molecule has 1 atom stereocenters. The smallest absolute Gasteiger partial charge is 0.410 e. The second-order valence-corrected chi connectivity index (χ2v) is 8.58. The van der Waals surface area contributed by atoms with Gasteiger partial charge in [-0.3, -0.25) is 4.79 Å². The van der Waals surface area contributed by atoms with Gasteiger partial charge in [-0.05, 0) is 62.4 Å². The molecule has 2 aliphatic rings. The fourth-order valence-electron chi connectivity index (χ4n) is 3.82. The van der Waals surface area contributed by atoms with Gasteiger partial charge in [0.15, 0.2) is 0 Å². The van der Waals surface area contributed by atoms with Gasteiger partial charge >= 0.3 is 6.09 Å². The minimum absolute atomic E-state index is 0.0498. The van der Waals surface area contributed by atoms with Gasteiger partial charge in [0.2, 0.25) is 5.91 Å². The van der Waals surface area contributed by atoms with E-state index in [1.165, 1.54) is 7.11 Å². The van der Waals surface area contributed by atoms with Crippen LogP contribution >= 0.6 is 11.6 Å². The topological polar surface area (TPSA) is 59.1 Å². The minimum Gasteiger partial charge on any atom is -0.444 e. The van der Waals surface area contributed by atoms with E-state index < -0.39 is 5.60 Å². The van der Waals surface area contributed by atoms with Crippen molar-refractivity contribution >= 4 is 23.6 Å². The fourth-order valence-corrected chi connectivity index (χ4v) is 4.07. The lowest BCUT2D eigenvalue weighted by Crippen LogP contribution is -2.36. The Morgan fingerprint density at radius 3 is 2.67 bits per heavy atom. The highest BCUT2D eigenvalue weighted by Gasteiger charge is 2.36. The summed E-state index contributed by atoms with van der Waals surface area (Å²) < 4.78 is 10.6. The molecule has 27 heavy (non-hydrogen) atoms. The number of methoxy groups -OCH3 is 1. The number of amides is 2. The zero-order chi connectivity index (χ0) is 19.8. The van der Waals surface area contributed by atoms with Crippen LogP contribution in [-0.4, -0.2) is 47.7 Å². The van der Waals surface area contributed by atoms with Crippen molar-refractivity contribution < 1.29 is 19.1 Å². The summed E-state index contributed by atoms with van der Waals surface area (Å²) in [6, 6.07) is 3.76. The average molecular weight is 395 g/mol. The first-order chi connectivity index (χ1) is 12.7. The second kappa shape index (κ2) is 7.68. The van der Waals surface area contributed by atoms with Gasteiger partial charge in [-0.15, -0.1) is 0 Å². The highest BCUT2D eigenvalue weighted by atomic mass is 35.5. The fraction of sp³-hybridized carbons (Fsp3) is 0.600. The summed E-state index contributed by atoms with van der Waals surface area (Å²) in [6.45, 7) is 7.36. The molecule has 1 fully saturated rings. The van der Waals surface area contributed by atoms with Crippen molar-refractivity contribution in [1.29, 1.82) is 0 Å². The van der Waals surface area contributed by atoms with Crippen molar-refractivity contribution in [3.05, 3.63) is 33.8 Å². The molecular formula is C20H27ClN2O4. The highest BCUT2D eigenvalue weighted by Crippen LogP contribution is 2.40. The molecule has 148 valence electrons. The Morgan fingerprint density at radius 1 is 1.26 bits per heavy atom. The summed E-state index contributed by atoms with van der Waals surface area (Å²) in [5.41, 5.74) is 2.61. The number of ether oxygens (including phenoxy) is 2. The number of hydrogen-bond donors (Lipinski definition) is 0. The van der Waals surface area contributed by atoms with Crippen molar-refractivity contribution in [2.45, 2.75) is 58.3 Å². The van der Waals surface area contributed by atoms with Crippen LogP contribution in [0.4, 0.5) is 4.79 Å². The molecule has 2 aliphatic heterocycles. The molecule has 1 aromatic rings. The number of carbonyl (C=O) groups is 2. The van der Waals surface area contributed by atoms with Gasteiger partial charge in [0.1, 0.15) is 12.2 Å². The van der Waals surface area contributed by atoms with Crippen LogP contribution in [-0.2, 0) is 27.4 Å². The molecule has 0 aromatic heterocycles. The molecule has 6 nitrogen and oxygen atoms in total. The van der Waals surface area contributed by atoms with E-state index in [0.29, 0.717) is 24.7 Å². The minimum atomic E-state index is -0.538. The Hall–Kier alpha value is -1.79. The van der Waals surface area contributed by atoms with E-state index in [9.17, 15) is 9.59 Å². The zero-order valence-electron chi connectivity index (χ0n) is 16.4. The first-order valence-electron chi connectivity index (χ1n) is 9.27. The Morgan fingerprint density at radius 2 is 2.00 bits per heavy atom. The largest absolute Gasteiger partial charge is 0.444 e. The molecule has 0 aliphatic carbocycles. The summed E-state index contributed by atoms with van der Waals surface area (Å²) in [5.74, 6) is -0.0498. The predicted octanol–water partition coefficient (Wildman–Crippen LogP) is 3.90. The van der Waals surface area contributed by atoms with E-state index in [0.717, 1.165) is 29.5 Å². The van der Waals surface area contributed by atoms with Crippen molar-refractivity contribution in [1.82, 2.24) is 9.80 Å². The number of nitrogens with zero attached hydrogens (tertiary/aromatic N) is 2. The maximum Gasteiger partial charge on any atom is 0.410 e. The lowest BCUT2D eigenvalue weighted by Gasteiger charge is -2.30. The second-order valence-electron chi connectivity index (χ2n) is 8.15. The molecule has 0 N–H and O–H groups in total. The number of rotatable bonds is 3. The summed E-state index contributed by atoms with van der Waals surface area (Å²) >= 11 is 6.37. The number of likely N-dealkylation sites (tertiary alicyclic amines) is 1. The van der Waals surface area contributed by atoms with Crippen LogP contribution in [0.1, 0.15) is 56.3 Å². The molecule has 2 amide bonds. The Bertz CT molecular complexity index is 744. The molecule has 1 aromatic carbocycles. The van der Waals surface area contributed by atoms with Gasteiger partial charge < -0.3 is 19.3 Å². The third kappa shape index (κ3) is 4.38. The molecule has 0 bridgehead atoms. The first-order valence-corrected chi connectivity index (χ1v) is 9.65. The Balaban J connectivity index is 1.88. The molecule has 3 rings (SSSR count). The number of hydrogen-bond acceptors (Lipinski definition) is 4. The highest BCUT2D eigenvalue weighted by molar-refractivity contribution is 6.30. The van der Waals surface area contributed by atoms with Crippen molar-refractivity contribution in [3.8, 4) is 0 Å². The van der Waals surface area contributed by atoms with Crippen LogP contribution in [0.5, 0.6) is 0 Å². The van der Waals surface area contributed by atoms with Crippen LogP contribution in [0.2, 0.25) is 5.02 Å². The van der Waals surface area contributed by atoms with E-state index in [1.807, 2.05) is 32.9 Å². The van der Waals surface area contributed by atoms with Gasteiger partial charge in [-0.25, -0.2) is 4.79 Å². The summed E-state index contributed by atoms with van der Waals surface area (Å²) in [6.07, 6.45) is 1.47. The van der Waals surface area contributed by atoms with E-state index in [2.05, 4.69) is 0 Å². The van der Waals surface area contributed by atoms with Crippen molar-refractivity contribution in [3.63, 3.8) is 0 Å². The predicted molar refractivity (Wildman–Crippen MR) is 102 cm³/mol. The van der Waals surface area contributed by atoms with E-state index >= 15 is 0 Å². The normalized spacial score (nSPS) is 19.4. The molecule has 0 spiro atoms. The van der Waals surface area contributed by atoms with Gasteiger partial charge in [-0.1, -0.05) is 11.6 Å². The maximum absolute atomic E-state index is 12.7. The van der Waals surface area contributed by atoms with Crippen LogP contribution in [0.15, 0.2) is 12.1 Å². The van der Waals surface area contributed by atoms with Gasteiger partial charge in [0, 0.05) is 31.8 Å². The number of carbonyl (C=O) groups excluding carboxylic acids is 2. The maximum atomic E-state index is 12.7. The molecule has 1 saturated heterocycles. The molecule has 0 unspecified atom stereocenters. The van der Waals surface area contributed by atoms with Crippen molar-refractivity contribution in [2.75, 3.05) is 20.3 Å². The Labute approximate surface area is 165 Å². The molecule has 2 heterocycles. The molecule has 0 saturated carbocycles. The Kier molecular flexibility index (Phi) is 5.68. The summed E-state index contributed by atoms with van der Waals surface area (Å²) in [7, 11) is 1.51. The SMILES string of the molecule is COCC(=O)N1Cc2cc(Cl)cc([C@@H]3CCCN3C(=O)OC(C)(C)C)c2C1. The zero-order valence-corrected chi connectivity index (χ0v) is 17.1. The number of benzene rings is 1. The number of fused-ring (bicyclic) bond motifs is 1. The summed E-state index contributed by atoms with van der Waals surface area (Å²) in [5, 5.41) is 0.626. The monoisotopic (exact) mass is 394 g/mol. The van der Waals surface area contributed by atoms with Crippen LogP contribution in [0.3, 0.4) is 0 Å². The van der Waals surface area contributed by atoms with E-state index in [-0.39, 0.29) is 24.6 Å². The molecule has 0 radical (unpaired) electrons. The van der Waals surface area contributed by atoms with Crippen molar-refractivity contribution in [2.24, 2.45) is 0 Å². The van der Waals surface area contributed by atoms with Crippen LogP contribution < -0.4 is 0 Å².